The van der Waals surface area contributed by atoms with Crippen LogP contribution in [0.1, 0.15) is 64.6 Å². The van der Waals surface area contributed by atoms with Gasteiger partial charge in [0.25, 0.3) is 11.8 Å². The van der Waals surface area contributed by atoms with Gasteiger partial charge in [-0.3, -0.25) is 19.3 Å². The van der Waals surface area contributed by atoms with Crippen LogP contribution in [0.3, 0.4) is 0 Å². The predicted octanol–water partition coefficient (Wildman–Crippen LogP) is 4.58. The number of nitrogens with one attached hydrogen (secondary N) is 2. The Morgan fingerprint density at radius 3 is 2.46 bits per heavy atom. The molecule has 0 fully saturated rings. The van der Waals surface area contributed by atoms with Gasteiger partial charge in [-0.25, -0.2) is 4.98 Å². The molecule has 6 rings (SSSR count). The number of hydrogen-bond acceptors (Lipinski definition) is 4. The Labute approximate surface area is 214 Å². The first-order valence-corrected chi connectivity index (χ1v) is 12.5. The highest BCUT2D eigenvalue weighted by Gasteiger charge is 2.48. The number of aromatic nitrogens is 2. The zero-order valence-corrected chi connectivity index (χ0v) is 20.6. The van der Waals surface area contributed by atoms with Crippen molar-refractivity contribution in [2.75, 3.05) is 11.4 Å². The highest BCUT2D eigenvalue weighted by Crippen LogP contribution is 2.45. The van der Waals surface area contributed by atoms with Crippen LogP contribution in [-0.2, 0) is 4.79 Å². The molecule has 3 amide bonds. The minimum absolute atomic E-state index is 0.104. The summed E-state index contributed by atoms with van der Waals surface area (Å²) in [6.07, 6.45) is 0.154. The van der Waals surface area contributed by atoms with Crippen LogP contribution in [0.4, 0.5) is 5.69 Å². The molecule has 0 saturated heterocycles. The van der Waals surface area contributed by atoms with Crippen LogP contribution < -0.4 is 10.2 Å². The Morgan fingerprint density at radius 2 is 1.68 bits per heavy atom. The third-order valence-corrected chi connectivity index (χ3v) is 7.43. The summed E-state index contributed by atoms with van der Waals surface area (Å²) in [5, 5.41) is 3.12. The average molecular weight is 494 g/mol. The number of imidazole rings is 1. The Balaban J connectivity index is 1.33. The quantitative estimate of drug-likeness (QED) is 0.411. The first kappa shape index (κ1) is 23.0. The number of benzene rings is 3. The summed E-state index contributed by atoms with van der Waals surface area (Å²) in [7, 11) is 0. The minimum Gasteiger partial charge on any atom is -0.344 e. The Kier molecular flexibility index (Phi) is 5.52. The molecule has 0 saturated carbocycles. The van der Waals surface area contributed by atoms with Gasteiger partial charge in [0.15, 0.2) is 0 Å². The molecular weight excluding hydrogens is 466 g/mol. The Morgan fingerprint density at radius 1 is 0.973 bits per heavy atom. The first-order chi connectivity index (χ1) is 18.0. The van der Waals surface area contributed by atoms with Crippen LogP contribution in [0.5, 0.6) is 0 Å². The monoisotopic (exact) mass is 493 g/mol. The molecule has 3 heterocycles. The number of nitrogens with zero attached hydrogens (tertiary/aromatic N) is 3. The highest BCUT2D eigenvalue weighted by atomic mass is 16.2. The molecule has 4 aromatic rings. The van der Waals surface area contributed by atoms with Gasteiger partial charge in [0.05, 0.1) is 28.3 Å². The van der Waals surface area contributed by atoms with Gasteiger partial charge in [0, 0.05) is 11.1 Å². The maximum atomic E-state index is 13.7. The Hall–Kier alpha value is -4.46. The van der Waals surface area contributed by atoms with Crippen molar-refractivity contribution >= 4 is 34.4 Å². The van der Waals surface area contributed by atoms with Crippen molar-refractivity contribution in [1.82, 2.24) is 20.2 Å². The maximum Gasteiger partial charge on any atom is 0.260 e. The summed E-state index contributed by atoms with van der Waals surface area (Å²) in [6, 6.07) is 21.7. The molecule has 2 N–H and O–H groups in total. The van der Waals surface area contributed by atoms with E-state index in [9.17, 15) is 14.4 Å². The van der Waals surface area contributed by atoms with E-state index in [-0.39, 0.29) is 36.2 Å². The molecule has 0 unspecified atom stereocenters. The van der Waals surface area contributed by atoms with E-state index in [1.165, 1.54) is 4.90 Å². The van der Waals surface area contributed by atoms with E-state index in [4.69, 9.17) is 4.98 Å². The smallest absolute Gasteiger partial charge is 0.260 e. The SMILES string of the molecule is CC[C@H](C)[C@H](NC(=O)CN1C(=O)c2ccccc2N2C(=O)c3ccccc3[C@@H]12)c1nc2ccccc2[nH]1. The van der Waals surface area contributed by atoms with Crippen molar-refractivity contribution in [3.8, 4) is 0 Å². The zero-order chi connectivity index (χ0) is 25.7. The lowest BCUT2D eigenvalue weighted by Gasteiger charge is -2.40. The summed E-state index contributed by atoms with van der Waals surface area (Å²) in [4.78, 5) is 51.7. The van der Waals surface area contributed by atoms with Gasteiger partial charge in [-0.2, -0.15) is 0 Å². The number of amides is 3. The van der Waals surface area contributed by atoms with Gasteiger partial charge in [-0.1, -0.05) is 62.7 Å². The van der Waals surface area contributed by atoms with E-state index in [0.29, 0.717) is 22.6 Å². The van der Waals surface area contributed by atoms with Crippen molar-refractivity contribution in [3.63, 3.8) is 0 Å². The third-order valence-electron chi connectivity index (χ3n) is 7.43. The third kappa shape index (κ3) is 3.67. The molecule has 8 heteroatoms. The highest BCUT2D eigenvalue weighted by molar-refractivity contribution is 6.17. The minimum atomic E-state index is -0.676. The van der Waals surface area contributed by atoms with Crippen LogP contribution in [0.15, 0.2) is 72.8 Å². The standard InChI is InChI=1S/C29H27N5O3/c1-3-17(2)25(26-30-21-13-7-8-14-22(21)31-26)32-24(35)16-33-27-18-10-4-5-11-19(18)29(37)34(27)23-15-9-6-12-20(23)28(33)36/h4-15,17,25,27H,3,16H2,1-2H3,(H,30,31)(H,32,35)/t17-,25-,27-/m0/s1. The van der Waals surface area contributed by atoms with Gasteiger partial charge >= 0.3 is 0 Å². The van der Waals surface area contributed by atoms with Crippen LogP contribution in [-0.4, -0.2) is 39.1 Å². The Bertz CT molecular complexity index is 1510. The number of hydrogen-bond donors (Lipinski definition) is 2. The molecule has 1 aromatic heterocycles. The van der Waals surface area contributed by atoms with E-state index in [1.54, 1.807) is 29.2 Å². The number of carbonyl (C=O) groups excluding carboxylic acids is 3. The molecule has 0 aliphatic carbocycles. The van der Waals surface area contributed by atoms with Crippen molar-refractivity contribution < 1.29 is 14.4 Å². The fourth-order valence-electron chi connectivity index (χ4n) is 5.34. The lowest BCUT2D eigenvalue weighted by Crippen LogP contribution is -2.52. The fourth-order valence-corrected chi connectivity index (χ4v) is 5.34. The van der Waals surface area contributed by atoms with E-state index in [2.05, 4.69) is 24.1 Å². The van der Waals surface area contributed by atoms with Crippen molar-refractivity contribution in [2.24, 2.45) is 5.92 Å². The van der Waals surface area contributed by atoms with Crippen LogP contribution in [0.25, 0.3) is 11.0 Å². The first-order valence-electron chi connectivity index (χ1n) is 12.5. The number of anilines is 1. The maximum absolute atomic E-state index is 13.7. The normalized spacial score (nSPS) is 17.8. The lowest BCUT2D eigenvalue weighted by molar-refractivity contribution is -0.123. The van der Waals surface area contributed by atoms with Gasteiger partial charge < -0.3 is 15.2 Å². The van der Waals surface area contributed by atoms with Crippen molar-refractivity contribution in [3.05, 3.63) is 95.3 Å². The van der Waals surface area contributed by atoms with E-state index >= 15 is 0 Å². The molecular formula is C29H27N5O3. The van der Waals surface area contributed by atoms with E-state index < -0.39 is 6.17 Å². The number of carbonyl (C=O) groups is 3. The van der Waals surface area contributed by atoms with Crippen LogP contribution in [0.2, 0.25) is 0 Å². The second kappa shape index (κ2) is 8.89. The summed E-state index contributed by atoms with van der Waals surface area (Å²) in [6.45, 7) is 3.94. The van der Waals surface area contributed by atoms with E-state index in [1.807, 2.05) is 48.5 Å². The molecule has 0 spiro atoms. The number of rotatable bonds is 6. The van der Waals surface area contributed by atoms with Gasteiger partial charge in [-0.15, -0.1) is 0 Å². The second-order valence-electron chi connectivity index (χ2n) is 9.66. The summed E-state index contributed by atoms with van der Waals surface area (Å²) in [5.41, 5.74) is 3.97. The molecule has 3 atom stereocenters. The molecule has 2 aliphatic rings. The number of aromatic amines is 1. The average Bonchev–Trinajstić information content (AvgIpc) is 3.48. The molecule has 0 bridgehead atoms. The van der Waals surface area contributed by atoms with Crippen molar-refractivity contribution in [2.45, 2.75) is 32.5 Å². The summed E-state index contributed by atoms with van der Waals surface area (Å²) < 4.78 is 0. The second-order valence-corrected chi connectivity index (χ2v) is 9.66. The number of fused-ring (bicyclic) bond motifs is 6. The number of H-pyrrole nitrogens is 1. The van der Waals surface area contributed by atoms with Crippen LogP contribution in [0, 0.1) is 5.92 Å². The lowest BCUT2D eigenvalue weighted by atomic mass is 9.98. The van der Waals surface area contributed by atoms with Gasteiger partial charge in [-0.05, 0) is 36.2 Å². The predicted molar refractivity (Wildman–Crippen MR) is 140 cm³/mol. The molecule has 0 radical (unpaired) electrons. The molecule has 2 aliphatic heterocycles. The number of para-hydroxylation sites is 3. The van der Waals surface area contributed by atoms with Gasteiger partial charge in [0.1, 0.15) is 18.5 Å². The molecule has 3 aromatic carbocycles. The molecule has 186 valence electrons. The van der Waals surface area contributed by atoms with Gasteiger partial charge in [0.2, 0.25) is 5.91 Å². The van der Waals surface area contributed by atoms with Crippen LogP contribution >= 0.6 is 0 Å². The topological polar surface area (TPSA) is 98.4 Å². The molecule has 8 nitrogen and oxygen atoms in total. The fraction of sp³-hybridized carbons (Fsp3) is 0.241. The van der Waals surface area contributed by atoms with Crippen molar-refractivity contribution in [1.29, 1.82) is 0 Å². The molecule has 37 heavy (non-hydrogen) atoms. The largest absolute Gasteiger partial charge is 0.344 e. The zero-order valence-electron chi connectivity index (χ0n) is 20.6. The van der Waals surface area contributed by atoms with E-state index in [0.717, 1.165) is 23.0 Å². The summed E-state index contributed by atoms with van der Waals surface area (Å²) >= 11 is 0. The summed E-state index contributed by atoms with van der Waals surface area (Å²) in [5.74, 6) is 0.0242.